The van der Waals surface area contributed by atoms with E-state index in [1.54, 1.807) is 0 Å². The van der Waals surface area contributed by atoms with Crippen LogP contribution in [-0.4, -0.2) is 40.4 Å². The molecule has 2 aliphatic heterocycles. The number of ketones is 1. The van der Waals surface area contributed by atoms with E-state index in [2.05, 4.69) is 11.5 Å². The van der Waals surface area contributed by atoms with Gasteiger partial charge in [-0.3, -0.25) is 10.1 Å². The lowest BCUT2D eigenvalue weighted by Crippen LogP contribution is -2.33. The molecular formula is C20H28O6. The summed E-state index contributed by atoms with van der Waals surface area (Å²) in [6, 6.07) is 0. The predicted molar refractivity (Wildman–Crippen MR) is 94.3 cm³/mol. The van der Waals surface area contributed by atoms with Gasteiger partial charge in [-0.25, -0.2) is 9.68 Å². The van der Waals surface area contributed by atoms with Crippen molar-refractivity contribution < 1.29 is 29.2 Å². The van der Waals surface area contributed by atoms with Gasteiger partial charge < -0.3 is 9.47 Å². The Morgan fingerprint density at radius 3 is 2.77 bits per heavy atom. The lowest BCUT2D eigenvalue weighted by atomic mass is 9.82. The van der Waals surface area contributed by atoms with Crippen molar-refractivity contribution in [2.45, 2.75) is 76.3 Å². The molecule has 144 valence electrons. The molecule has 1 N–H and O–H groups in total. The lowest BCUT2D eigenvalue weighted by Gasteiger charge is -2.24. The Balaban J connectivity index is 1.84. The lowest BCUT2D eigenvalue weighted by molar-refractivity contribution is -0.304. The molecule has 3 rings (SSSR count). The number of rotatable bonds is 1. The topological polar surface area (TPSA) is 85.4 Å². The SMILES string of the molecule is C=C1C(=O)O[C@@H]2C(=O)[C@H](C)CCC[C@@](C)(OO)/C=C/C[C@@]3(C)O[C@@H]3C[C@@H]12. The molecule has 0 aromatic rings. The molecule has 2 saturated heterocycles. The van der Waals surface area contributed by atoms with E-state index in [1.807, 2.05) is 32.9 Å². The van der Waals surface area contributed by atoms with Crippen LogP contribution in [0.1, 0.15) is 52.9 Å². The molecule has 0 saturated carbocycles. The number of epoxide rings is 1. The maximum Gasteiger partial charge on any atom is 0.334 e. The van der Waals surface area contributed by atoms with E-state index < -0.39 is 17.7 Å². The second-order valence-electron chi connectivity index (χ2n) is 8.32. The molecule has 3 aliphatic rings. The van der Waals surface area contributed by atoms with Gasteiger partial charge in [0, 0.05) is 17.4 Å². The highest BCUT2D eigenvalue weighted by atomic mass is 17.1. The standard InChI is InChI=1S/C20H28O6/c1-12-7-5-8-19(3,26-23)9-6-10-20(4)15(25-20)11-14-13(2)18(22)24-17(14)16(12)21/h6,9,12,14-15,17,23H,2,5,7-8,10-11H2,1,3-4H3/b9-6+/t12-,14+,15-,17+,19-,20-/m1/s1. The molecule has 0 spiro atoms. The summed E-state index contributed by atoms with van der Waals surface area (Å²) in [5, 5.41) is 9.28. The van der Waals surface area contributed by atoms with E-state index in [1.165, 1.54) is 0 Å². The normalized spacial score (nSPS) is 45.3. The fourth-order valence-corrected chi connectivity index (χ4v) is 4.01. The van der Waals surface area contributed by atoms with Crippen LogP contribution >= 0.6 is 0 Å². The van der Waals surface area contributed by atoms with Gasteiger partial charge in [0.1, 0.15) is 5.60 Å². The maximum absolute atomic E-state index is 12.9. The number of Topliss-reactive ketones (excluding diaryl/α,β-unsaturated/α-hetero) is 1. The molecule has 0 unspecified atom stereocenters. The molecule has 2 heterocycles. The summed E-state index contributed by atoms with van der Waals surface area (Å²) in [6.45, 7) is 9.52. The molecule has 0 amide bonds. The number of hydrogen-bond donors (Lipinski definition) is 1. The van der Waals surface area contributed by atoms with Crippen molar-refractivity contribution in [3.05, 3.63) is 24.3 Å². The van der Waals surface area contributed by atoms with Gasteiger partial charge in [-0.1, -0.05) is 25.7 Å². The molecule has 0 aromatic heterocycles. The number of carbonyl (C=O) groups excluding carboxylic acids is 2. The van der Waals surface area contributed by atoms with Gasteiger partial charge in [-0.05, 0) is 46.0 Å². The molecule has 2 fully saturated rings. The van der Waals surface area contributed by atoms with E-state index in [9.17, 15) is 14.8 Å². The third-order valence-corrected chi connectivity index (χ3v) is 6.09. The third-order valence-electron chi connectivity index (χ3n) is 6.09. The van der Waals surface area contributed by atoms with E-state index >= 15 is 0 Å². The molecule has 0 radical (unpaired) electrons. The first-order chi connectivity index (χ1) is 12.2. The van der Waals surface area contributed by atoms with Crippen molar-refractivity contribution >= 4 is 11.8 Å². The third kappa shape index (κ3) is 3.63. The first-order valence-corrected chi connectivity index (χ1v) is 9.31. The minimum atomic E-state index is -0.787. The molecular weight excluding hydrogens is 336 g/mol. The average molecular weight is 364 g/mol. The average Bonchev–Trinajstić information content (AvgIpc) is 3.15. The highest BCUT2D eigenvalue weighted by molar-refractivity contribution is 5.98. The smallest absolute Gasteiger partial charge is 0.334 e. The van der Waals surface area contributed by atoms with Gasteiger partial charge in [0.15, 0.2) is 11.9 Å². The van der Waals surface area contributed by atoms with Crippen LogP contribution in [0.4, 0.5) is 0 Å². The highest BCUT2D eigenvalue weighted by Crippen LogP contribution is 2.47. The van der Waals surface area contributed by atoms with Gasteiger partial charge in [0.25, 0.3) is 0 Å². The number of hydrogen-bond acceptors (Lipinski definition) is 6. The summed E-state index contributed by atoms with van der Waals surface area (Å²) in [4.78, 5) is 29.5. The zero-order valence-corrected chi connectivity index (χ0v) is 15.7. The second kappa shape index (κ2) is 6.91. The number of fused-ring (bicyclic) bond motifs is 2. The van der Waals surface area contributed by atoms with Crippen molar-refractivity contribution in [2.24, 2.45) is 11.8 Å². The van der Waals surface area contributed by atoms with Gasteiger partial charge in [0.05, 0.1) is 11.7 Å². The van der Waals surface area contributed by atoms with E-state index in [-0.39, 0.29) is 29.3 Å². The Kier molecular flexibility index (Phi) is 5.12. The van der Waals surface area contributed by atoms with Crippen molar-refractivity contribution in [3.63, 3.8) is 0 Å². The van der Waals surface area contributed by atoms with E-state index in [0.29, 0.717) is 37.7 Å². The van der Waals surface area contributed by atoms with Crippen molar-refractivity contribution in [1.29, 1.82) is 0 Å². The van der Waals surface area contributed by atoms with Gasteiger partial charge >= 0.3 is 5.97 Å². The summed E-state index contributed by atoms with van der Waals surface area (Å²) in [7, 11) is 0. The minimum absolute atomic E-state index is 0.0572. The van der Waals surface area contributed by atoms with E-state index in [0.717, 1.165) is 0 Å². The van der Waals surface area contributed by atoms with Crippen LogP contribution in [0.15, 0.2) is 24.3 Å². The van der Waals surface area contributed by atoms with Crippen LogP contribution < -0.4 is 0 Å². The summed E-state index contributed by atoms with van der Waals surface area (Å²) in [6.07, 6.45) is 6.15. The Hall–Kier alpha value is -1.50. The first kappa shape index (κ1) is 19.3. The van der Waals surface area contributed by atoms with Crippen LogP contribution in [0.3, 0.4) is 0 Å². The Bertz CT molecular complexity index is 640. The van der Waals surface area contributed by atoms with E-state index in [4.69, 9.17) is 9.47 Å². The maximum atomic E-state index is 12.9. The number of esters is 1. The molecule has 26 heavy (non-hydrogen) atoms. The highest BCUT2D eigenvalue weighted by Gasteiger charge is 2.55. The van der Waals surface area contributed by atoms with Crippen molar-refractivity contribution in [2.75, 3.05) is 0 Å². The summed E-state index contributed by atoms with van der Waals surface area (Å²) in [5.74, 6) is -1.11. The number of carbonyl (C=O) groups is 2. The van der Waals surface area contributed by atoms with Crippen LogP contribution in [0, 0.1) is 11.8 Å². The Labute approximate surface area is 154 Å². The zero-order chi connectivity index (χ0) is 19.1. The summed E-state index contributed by atoms with van der Waals surface area (Å²) in [5.41, 5.74) is -0.760. The summed E-state index contributed by atoms with van der Waals surface area (Å²) < 4.78 is 11.2. The number of ether oxygens (including phenoxy) is 2. The monoisotopic (exact) mass is 364 g/mol. The van der Waals surface area contributed by atoms with Crippen molar-refractivity contribution in [1.82, 2.24) is 0 Å². The molecule has 6 atom stereocenters. The van der Waals surface area contributed by atoms with Gasteiger partial charge in [-0.2, -0.15) is 0 Å². The Morgan fingerprint density at radius 2 is 2.08 bits per heavy atom. The fraction of sp³-hybridized carbons (Fsp3) is 0.700. The fourth-order valence-electron chi connectivity index (χ4n) is 4.01. The summed E-state index contributed by atoms with van der Waals surface area (Å²) >= 11 is 0. The molecule has 1 aliphatic carbocycles. The quantitative estimate of drug-likeness (QED) is 0.192. The molecule has 6 nitrogen and oxygen atoms in total. The molecule has 6 heteroatoms. The zero-order valence-electron chi connectivity index (χ0n) is 15.7. The van der Waals surface area contributed by atoms with Gasteiger partial charge in [0.2, 0.25) is 0 Å². The molecule has 0 bridgehead atoms. The van der Waals surface area contributed by atoms with Crippen LogP contribution in [0.5, 0.6) is 0 Å². The molecule has 0 aromatic carbocycles. The predicted octanol–water partition coefficient (Wildman–Crippen LogP) is 3.22. The van der Waals surface area contributed by atoms with Gasteiger partial charge in [-0.15, -0.1) is 0 Å². The van der Waals surface area contributed by atoms with Crippen LogP contribution in [-0.2, 0) is 24.0 Å². The van der Waals surface area contributed by atoms with Crippen molar-refractivity contribution in [3.8, 4) is 0 Å². The van der Waals surface area contributed by atoms with Crippen LogP contribution in [0.25, 0.3) is 0 Å². The Morgan fingerprint density at radius 1 is 1.35 bits per heavy atom. The second-order valence-corrected chi connectivity index (χ2v) is 8.32. The minimum Gasteiger partial charge on any atom is -0.450 e. The van der Waals surface area contributed by atoms with Crippen LogP contribution in [0.2, 0.25) is 0 Å². The first-order valence-electron chi connectivity index (χ1n) is 9.31. The largest absolute Gasteiger partial charge is 0.450 e.